The molecule has 0 rings (SSSR count). The van der Waals surface area contributed by atoms with Gasteiger partial charge in [0.15, 0.2) is 0 Å². The van der Waals surface area contributed by atoms with Gasteiger partial charge in [-0.15, -0.1) is 0 Å². The second-order valence-electron chi connectivity index (χ2n) is 3.13. The predicted octanol–water partition coefficient (Wildman–Crippen LogP) is 1.50. The summed E-state index contributed by atoms with van der Waals surface area (Å²) in [6, 6.07) is 0. The molecule has 0 aromatic rings. The van der Waals surface area contributed by atoms with Gasteiger partial charge in [0.1, 0.15) is 0 Å². The fraction of sp³-hybridized carbons (Fsp3) is 0.833. The first-order valence-corrected chi connectivity index (χ1v) is 2.63. The molecule has 0 amide bonds. The Bertz CT molecular complexity index is 93.7. The van der Waals surface area contributed by atoms with Crippen LogP contribution in [-0.4, -0.2) is 11.1 Å². The van der Waals surface area contributed by atoms with Gasteiger partial charge in [-0.2, -0.15) is 0 Å². The Balaban J connectivity index is 0. The zero-order valence-electron chi connectivity index (χ0n) is 5.94. The smallest absolute Gasteiger partial charge is 0.303 e. The topological polar surface area (TPSA) is 37.3 Å². The minimum Gasteiger partial charge on any atom is -0.481 e. The molecule has 3 heteroatoms. The van der Waals surface area contributed by atoms with Gasteiger partial charge in [0.05, 0.1) is 6.42 Å². The maximum absolute atomic E-state index is 10.0. The predicted molar refractivity (Wildman–Crippen MR) is 31.7 cm³/mol. The van der Waals surface area contributed by atoms with Crippen molar-refractivity contribution >= 4 is 5.97 Å². The van der Waals surface area contributed by atoms with Gasteiger partial charge in [-0.1, -0.05) is 20.8 Å². The zero-order valence-corrected chi connectivity index (χ0v) is 8.66. The molecule has 0 aliphatic carbocycles. The molecule has 0 fully saturated rings. The Morgan fingerprint density at radius 2 is 1.78 bits per heavy atom. The van der Waals surface area contributed by atoms with E-state index in [1.54, 1.807) is 0 Å². The van der Waals surface area contributed by atoms with E-state index in [9.17, 15) is 4.79 Å². The number of rotatable bonds is 1. The molecule has 0 heterocycles. The minimum atomic E-state index is -0.725. The number of carboxylic acids is 1. The molecule has 2 nitrogen and oxygen atoms in total. The normalized spacial score (nSPS) is 10.1. The Morgan fingerprint density at radius 1 is 1.44 bits per heavy atom. The average Bonchev–Trinajstić information content (AvgIpc) is 1.21. The summed E-state index contributed by atoms with van der Waals surface area (Å²) in [7, 11) is 0. The van der Waals surface area contributed by atoms with Crippen LogP contribution < -0.4 is 0 Å². The fourth-order valence-electron chi connectivity index (χ4n) is 0.454. The van der Waals surface area contributed by atoms with Crippen molar-refractivity contribution in [1.29, 1.82) is 0 Å². The van der Waals surface area contributed by atoms with E-state index in [0.717, 1.165) is 0 Å². The maximum Gasteiger partial charge on any atom is 0.303 e. The van der Waals surface area contributed by atoms with Crippen LogP contribution in [0.2, 0.25) is 0 Å². The van der Waals surface area contributed by atoms with Crippen LogP contribution >= 0.6 is 0 Å². The van der Waals surface area contributed by atoms with Crippen molar-refractivity contribution in [1.82, 2.24) is 0 Å². The van der Waals surface area contributed by atoms with E-state index in [2.05, 4.69) is 0 Å². The largest absolute Gasteiger partial charge is 0.481 e. The summed E-state index contributed by atoms with van der Waals surface area (Å²) >= 11 is 0. The molecule has 1 N–H and O–H groups in total. The van der Waals surface area contributed by atoms with Crippen molar-refractivity contribution in [2.24, 2.45) is 5.41 Å². The second-order valence-corrected chi connectivity index (χ2v) is 3.13. The summed E-state index contributed by atoms with van der Waals surface area (Å²) in [4.78, 5) is 10.0. The van der Waals surface area contributed by atoms with E-state index in [1.807, 2.05) is 20.8 Å². The molecule has 0 aliphatic heterocycles. The number of hydrogen-bond donors (Lipinski definition) is 1. The molecular weight excluding hydrogens is 290 g/mol. The van der Waals surface area contributed by atoms with E-state index in [1.165, 1.54) is 0 Å². The molecule has 0 aromatic heterocycles. The molecule has 0 unspecified atom stereocenters. The summed E-state index contributed by atoms with van der Waals surface area (Å²) < 4.78 is 0. The van der Waals surface area contributed by atoms with Crippen molar-refractivity contribution < 1.29 is 30.3 Å². The van der Waals surface area contributed by atoms with Gasteiger partial charge < -0.3 is 5.11 Å². The van der Waals surface area contributed by atoms with Crippen LogP contribution in [0.4, 0.5) is 0 Å². The van der Waals surface area contributed by atoms with Crippen LogP contribution in [-0.2, 0) is 25.2 Å². The van der Waals surface area contributed by atoms with Gasteiger partial charge in [0, 0.05) is 20.4 Å². The van der Waals surface area contributed by atoms with Gasteiger partial charge in [-0.25, -0.2) is 0 Å². The van der Waals surface area contributed by atoms with Crippen LogP contribution in [0.15, 0.2) is 0 Å². The van der Waals surface area contributed by atoms with Crippen LogP contribution in [0, 0.1) is 5.41 Å². The molecule has 0 bridgehead atoms. The Labute approximate surface area is 69.3 Å². The van der Waals surface area contributed by atoms with Gasteiger partial charge in [-0.05, 0) is 5.41 Å². The first-order chi connectivity index (χ1) is 3.42. The van der Waals surface area contributed by atoms with Gasteiger partial charge in [0.25, 0.3) is 0 Å². The molecule has 0 saturated carbocycles. The van der Waals surface area contributed by atoms with E-state index >= 15 is 0 Å². The van der Waals surface area contributed by atoms with Gasteiger partial charge in [-0.3, -0.25) is 4.79 Å². The second kappa shape index (κ2) is 4.03. The first kappa shape index (κ1) is 11.9. The summed E-state index contributed by atoms with van der Waals surface area (Å²) in [5.41, 5.74) is -0.0775. The van der Waals surface area contributed by atoms with Crippen molar-refractivity contribution in [3.63, 3.8) is 0 Å². The molecular formula is C6H12O2Re. The summed E-state index contributed by atoms with van der Waals surface area (Å²) in [6.45, 7) is 5.71. The fourth-order valence-corrected chi connectivity index (χ4v) is 0.454. The summed E-state index contributed by atoms with van der Waals surface area (Å²) in [6.07, 6.45) is 0.243. The third-order valence-electron chi connectivity index (χ3n) is 0.682. The monoisotopic (exact) mass is 303 g/mol. The van der Waals surface area contributed by atoms with Crippen LogP contribution in [0.1, 0.15) is 27.2 Å². The molecule has 1 radical (unpaired) electrons. The number of carbonyl (C=O) groups is 1. The number of aliphatic carboxylic acids is 1. The molecule has 0 aliphatic rings. The Hall–Kier alpha value is 0.132. The van der Waals surface area contributed by atoms with Gasteiger partial charge in [0.2, 0.25) is 0 Å². The van der Waals surface area contributed by atoms with Gasteiger partial charge >= 0.3 is 5.97 Å². The molecule has 0 aromatic carbocycles. The summed E-state index contributed by atoms with van der Waals surface area (Å²) in [5.74, 6) is -0.725. The SMILES string of the molecule is CC(C)(C)CC(=O)O.[Re]. The molecule has 0 atom stereocenters. The van der Waals surface area contributed by atoms with E-state index in [-0.39, 0.29) is 32.3 Å². The van der Waals surface area contributed by atoms with Crippen molar-refractivity contribution in [3.05, 3.63) is 0 Å². The van der Waals surface area contributed by atoms with E-state index in [0.29, 0.717) is 0 Å². The average molecular weight is 302 g/mol. The van der Waals surface area contributed by atoms with Crippen molar-refractivity contribution in [3.8, 4) is 0 Å². The minimum absolute atomic E-state index is 0. The third-order valence-corrected chi connectivity index (χ3v) is 0.682. The molecule has 0 spiro atoms. The molecule has 0 saturated heterocycles. The van der Waals surface area contributed by atoms with Crippen LogP contribution in [0.25, 0.3) is 0 Å². The molecule has 55 valence electrons. The summed E-state index contributed by atoms with van der Waals surface area (Å²) in [5, 5.41) is 8.25. The standard InChI is InChI=1S/C6H12O2.Re/c1-6(2,3)4-5(7)8;/h4H2,1-3H3,(H,7,8);. The Morgan fingerprint density at radius 3 is 1.78 bits per heavy atom. The third kappa shape index (κ3) is 11.6. The van der Waals surface area contributed by atoms with E-state index in [4.69, 9.17) is 5.11 Å². The first-order valence-electron chi connectivity index (χ1n) is 2.63. The number of hydrogen-bond acceptors (Lipinski definition) is 1. The number of carboxylic acid groups (broad SMARTS) is 1. The molecule has 9 heavy (non-hydrogen) atoms. The zero-order chi connectivity index (χ0) is 6.78. The maximum atomic E-state index is 10.0. The van der Waals surface area contributed by atoms with E-state index < -0.39 is 5.97 Å². The van der Waals surface area contributed by atoms with Crippen LogP contribution in [0.3, 0.4) is 0 Å². The van der Waals surface area contributed by atoms with Crippen molar-refractivity contribution in [2.45, 2.75) is 27.2 Å². The van der Waals surface area contributed by atoms with Crippen LogP contribution in [0.5, 0.6) is 0 Å². The Kier molecular flexibility index (Phi) is 5.32. The van der Waals surface area contributed by atoms with Crippen molar-refractivity contribution in [2.75, 3.05) is 0 Å². The quantitative estimate of drug-likeness (QED) is 0.797.